The van der Waals surface area contributed by atoms with Crippen molar-refractivity contribution >= 4 is 0 Å². The summed E-state index contributed by atoms with van der Waals surface area (Å²) in [6.45, 7) is 0. The number of rotatable bonds is 3. The predicted molar refractivity (Wildman–Crippen MR) is 69.0 cm³/mol. The minimum atomic E-state index is 0.280. The topological polar surface area (TPSA) is 46.3 Å². The van der Waals surface area contributed by atoms with E-state index in [2.05, 4.69) is 5.16 Å². The molecule has 1 aliphatic carbocycles. The maximum Gasteiger partial charge on any atom is 0.131 e. The second-order valence-electron chi connectivity index (χ2n) is 4.86. The number of aromatic hydroxyl groups is 1. The molecule has 0 atom stereocenters. The number of benzene rings is 1. The Bertz CT molecular complexity index is 510. The molecule has 2 aromatic rings. The molecule has 1 radical (unpaired) electrons. The monoisotopic (exact) mass is 242 g/mol. The highest BCUT2D eigenvalue weighted by molar-refractivity contribution is 5.65. The van der Waals surface area contributed by atoms with E-state index in [1.165, 1.54) is 25.7 Å². The lowest BCUT2D eigenvalue weighted by Crippen LogP contribution is -1.98. The van der Waals surface area contributed by atoms with Gasteiger partial charge in [0, 0.05) is 5.56 Å². The van der Waals surface area contributed by atoms with Gasteiger partial charge in [0.1, 0.15) is 12.0 Å². The second-order valence-corrected chi connectivity index (χ2v) is 4.86. The predicted octanol–water partition coefficient (Wildman–Crippen LogP) is 3.74. The summed E-state index contributed by atoms with van der Waals surface area (Å²) in [6, 6.07) is 7.17. The molecule has 0 saturated heterocycles. The molecule has 0 aliphatic heterocycles. The maximum atomic E-state index is 9.31. The standard InChI is InChI=1S/C15H16NO2/c17-13-7-5-12(6-8-13)14-10-18-16-15(14)9-11-3-1-2-4-11/h5-8,10,17H,1-4,9H2. The molecule has 1 aliphatic rings. The van der Waals surface area contributed by atoms with E-state index in [1.54, 1.807) is 24.3 Å². The Kier molecular flexibility index (Phi) is 3.05. The molecule has 0 amide bonds. The van der Waals surface area contributed by atoms with Crippen LogP contribution in [0.15, 0.2) is 35.1 Å². The number of hydrogen-bond acceptors (Lipinski definition) is 3. The number of nitrogens with zero attached hydrogens (tertiary/aromatic N) is 1. The van der Waals surface area contributed by atoms with E-state index >= 15 is 0 Å². The summed E-state index contributed by atoms with van der Waals surface area (Å²) in [4.78, 5) is 0. The van der Waals surface area contributed by atoms with Gasteiger partial charge in [0.2, 0.25) is 0 Å². The van der Waals surface area contributed by atoms with Crippen LogP contribution in [0.4, 0.5) is 0 Å². The van der Waals surface area contributed by atoms with Gasteiger partial charge in [0.15, 0.2) is 0 Å². The molecule has 1 saturated carbocycles. The third-order valence-electron chi connectivity index (χ3n) is 3.55. The molecule has 3 nitrogen and oxygen atoms in total. The molecule has 3 rings (SSSR count). The largest absolute Gasteiger partial charge is 0.508 e. The van der Waals surface area contributed by atoms with Crippen LogP contribution >= 0.6 is 0 Å². The van der Waals surface area contributed by atoms with E-state index in [9.17, 15) is 5.11 Å². The lowest BCUT2D eigenvalue weighted by molar-refractivity contribution is 0.411. The highest BCUT2D eigenvalue weighted by atomic mass is 16.5. The van der Waals surface area contributed by atoms with E-state index in [4.69, 9.17) is 4.52 Å². The summed E-state index contributed by atoms with van der Waals surface area (Å²) in [7, 11) is 0. The molecule has 93 valence electrons. The summed E-state index contributed by atoms with van der Waals surface area (Å²) in [5, 5.41) is 13.4. The molecular weight excluding hydrogens is 226 g/mol. The average molecular weight is 242 g/mol. The molecule has 3 heteroatoms. The summed E-state index contributed by atoms with van der Waals surface area (Å²) in [5.74, 6) is 1.85. The molecule has 1 heterocycles. The van der Waals surface area contributed by atoms with Crippen LogP contribution < -0.4 is 0 Å². The lowest BCUT2D eigenvalue weighted by Gasteiger charge is -2.07. The Morgan fingerprint density at radius 2 is 1.83 bits per heavy atom. The van der Waals surface area contributed by atoms with Gasteiger partial charge >= 0.3 is 0 Å². The van der Waals surface area contributed by atoms with Gasteiger partial charge in [-0.1, -0.05) is 30.1 Å². The van der Waals surface area contributed by atoms with E-state index in [-0.39, 0.29) is 5.75 Å². The zero-order valence-electron chi connectivity index (χ0n) is 10.2. The smallest absolute Gasteiger partial charge is 0.131 e. The lowest BCUT2D eigenvalue weighted by atomic mass is 9.97. The van der Waals surface area contributed by atoms with Crippen LogP contribution in [0.1, 0.15) is 31.4 Å². The van der Waals surface area contributed by atoms with Crippen molar-refractivity contribution in [3.05, 3.63) is 42.1 Å². The maximum absolute atomic E-state index is 9.31. The van der Waals surface area contributed by atoms with Gasteiger partial charge in [-0.2, -0.15) is 0 Å². The molecule has 1 aromatic heterocycles. The Morgan fingerprint density at radius 1 is 1.11 bits per heavy atom. The van der Waals surface area contributed by atoms with E-state index in [0.717, 1.165) is 23.2 Å². The minimum absolute atomic E-state index is 0.280. The minimum Gasteiger partial charge on any atom is -0.508 e. The van der Waals surface area contributed by atoms with Crippen LogP contribution in [0.25, 0.3) is 11.1 Å². The first kappa shape index (κ1) is 11.3. The van der Waals surface area contributed by atoms with Gasteiger partial charge in [0.25, 0.3) is 0 Å². The van der Waals surface area contributed by atoms with Crippen LogP contribution in [0.3, 0.4) is 0 Å². The van der Waals surface area contributed by atoms with Gasteiger partial charge in [-0.25, -0.2) is 0 Å². The van der Waals surface area contributed by atoms with Crippen molar-refractivity contribution in [3.8, 4) is 16.9 Å². The molecule has 0 unspecified atom stereocenters. The van der Waals surface area contributed by atoms with Crippen molar-refractivity contribution in [1.29, 1.82) is 0 Å². The first-order valence-electron chi connectivity index (χ1n) is 6.39. The Morgan fingerprint density at radius 3 is 2.56 bits per heavy atom. The van der Waals surface area contributed by atoms with Gasteiger partial charge in [0.05, 0.1) is 5.69 Å². The van der Waals surface area contributed by atoms with E-state index in [0.29, 0.717) is 0 Å². The molecular formula is C15H16NO2. The number of hydrogen-bond donors (Lipinski definition) is 1. The van der Waals surface area contributed by atoms with Gasteiger partial charge in [-0.3, -0.25) is 0 Å². The molecule has 0 bridgehead atoms. The van der Waals surface area contributed by atoms with Crippen molar-refractivity contribution in [2.45, 2.75) is 32.1 Å². The Hall–Kier alpha value is -1.77. The zero-order chi connectivity index (χ0) is 12.4. The number of aromatic nitrogens is 1. The Balaban J connectivity index is 1.84. The van der Waals surface area contributed by atoms with Gasteiger partial charge < -0.3 is 9.63 Å². The molecule has 1 N–H and O–H groups in total. The van der Waals surface area contributed by atoms with Crippen molar-refractivity contribution in [2.75, 3.05) is 0 Å². The first-order chi connectivity index (χ1) is 8.83. The highest BCUT2D eigenvalue weighted by Gasteiger charge is 2.20. The second kappa shape index (κ2) is 4.84. The quantitative estimate of drug-likeness (QED) is 0.891. The summed E-state index contributed by atoms with van der Waals surface area (Å²) < 4.78 is 5.11. The normalized spacial score (nSPS) is 16.2. The number of phenolic OH excluding ortho intramolecular Hbond substituents is 1. The zero-order valence-corrected chi connectivity index (χ0v) is 10.2. The molecule has 1 aromatic carbocycles. The van der Waals surface area contributed by atoms with Crippen LogP contribution in [-0.2, 0) is 6.42 Å². The first-order valence-corrected chi connectivity index (χ1v) is 6.39. The van der Waals surface area contributed by atoms with Crippen molar-refractivity contribution in [2.24, 2.45) is 0 Å². The van der Waals surface area contributed by atoms with Crippen LogP contribution in [-0.4, -0.2) is 10.3 Å². The van der Waals surface area contributed by atoms with E-state index in [1.807, 2.05) is 12.1 Å². The van der Waals surface area contributed by atoms with Crippen molar-refractivity contribution in [3.63, 3.8) is 0 Å². The van der Waals surface area contributed by atoms with E-state index < -0.39 is 0 Å². The van der Waals surface area contributed by atoms with Crippen molar-refractivity contribution < 1.29 is 9.63 Å². The SMILES string of the molecule is Oc1ccc(-c2conc2C[C]2CCCC2)cc1. The van der Waals surface area contributed by atoms with Gasteiger partial charge in [-0.15, -0.1) is 0 Å². The van der Waals surface area contributed by atoms with Crippen LogP contribution in [0.5, 0.6) is 5.75 Å². The molecule has 18 heavy (non-hydrogen) atoms. The fourth-order valence-corrected chi connectivity index (χ4v) is 2.55. The third kappa shape index (κ3) is 2.26. The third-order valence-corrected chi connectivity index (χ3v) is 3.55. The highest BCUT2D eigenvalue weighted by Crippen LogP contribution is 2.33. The summed E-state index contributed by atoms with van der Waals surface area (Å²) in [6.07, 6.45) is 7.68. The molecule has 1 fully saturated rings. The van der Waals surface area contributed by atoms with Crippen LogP contribution in [0, 0.1) is 5.92 Å². The van der Waals surface area contributed by atoms with Gasteiger partial charge in [-0.05, 0) is 42.9 Å². The fraction of sp³-hybridized carbons (Fsp3) is 0.333. The van der Waals surface area contributed by atoms with Crippen LogP contribution in [0.2, 0.25) is 0 Å². The number of phenols is 1. The molecule has 0 spiro atoms. The fourth-order valence-electron chi connectivity index (χ4n) is 2.55. The Labute approximate surface area is 106 Å². The summed E-state index contributed by atoms with van der Waals surface area (Å²) >= 11 is 0. The van der Waals surface area contributed by atoms with Crippen molar-refractivity contribution in [1.82, 2.24) is 5.16 Å². The summed E-state index contributed by atoms with van der Waals surface area (Å²) in [5.41, 5.74) is 3.09. The average Bonchev–Trinajstić information content (AvgIpc) is 3.02.